The Balaban J connectivity index is 1.63. The van der Waals surface area contributed by atoms with Crippen molar-refractivity contribution < 1.29 is 14.3 Å². The fraction of sp³-hybridized carbons (Fsp3) is 0.333. The Kier molecular flexibility index (Phi) is 10.1. The van der Waals surface area contributed by atoms with E-state index < -0.39 is 6.04 Å². The summed E-state index contributed by atoms with van der Waals surface area (Å²) in [5.41, 5.74) is 2.66. The molecule has 1 fully saturated rings. The van der Waals surface area contributed by atoms with Crippen LogP contribution in [0, 0.1) is 6.92 Å². The minimum Gasteiger partial charge on any atom is -0.484 e. The molecule has 1 N–H and O–H groups in total. The Morgan fingerprint density at radius 1 is 1.05 bits per heavy atom. The van der Waals surface area contributed by atoms with Gasteiger partial charge in [-0.25, -0.2) is 0 Å². The summed E-state index contributed by atoms with van der Waals surface area (Å²) in [7, 11) is 0. The van der Waals surface area contributed by atoms with Gasteiger partial charge in [0.05, 0.1) is 0 Å². The number of hydrogen-bond donors (Lipinski definition) is 1. The van der Waals surface area contributed by atoms with E-state index in [9.17, 15) is 9.59 Å². The molecule has 3 aromatic carbocycles. The lowest BCUT2D eigenvalue weighted by Crippen LogP contribution is -2.53. The van der Waals surface area contributed by atoms with E-state index in [4.69, 9.17) is 27.9 Å². The van der Waals surface area contributed by atoms with E-state index in [1.807, 2.05) is 49.4 Å². The van der Waals surface area contributed by atoms with Gasteiger partial charge in [-0.2, -0.15) is 0 Å². The Morgan fingerprint density at radius 3 is 2.47 bits per heavy atom. The SMILES string of the molecule is Cc1cc(OCC(=O)N(Cc2ccc(Cl)cc2Cl)[C@H](Cc2ccccc2)C(=O)NC2CCCC2)ccc1Br. The Labute approximate surface area is 242 Å². The van der Waals surface area contributed by atoms with Gasteiger partial charge >= 0.3 is 0 Å². The third-order valence-electron chi connectivity index (χ3n) is 6.82. The van der Waals surface area contributed by atoms with Gasteiger partial charge in [0.25, 0.3) is 5.91 Å². The second kappa shape index (κ2) is 13.5. The largest absolute Gasteiger partial charge is 0.484 e. The minimum absolute atomic E-state index is 0.124. The highest BCUT2D eigenvalue weighted by molar-refractivity contribution is 9.10. The molecule has 0 spiro atoms. The molecular formula is C30H31BrCl2N2O3. The van der Waals surface area contributed by atoms with Crippen LogP contribution in [0.1, 0.15) is 42.4 Å². The average Bonchev–Trinajstić information content (AvgIpc) is 3.41. The molecule has 200 valence electrons. The van der Waals surface area contributed by atoms with E-state index in [1.54, 1.807) is 29.2 Å². The first kappa shape index (κ1) is 28.5. The number of benzene rings is 3. The van der Waals surface area contributed by atoms with Gasteiger partial charge < -0.3 is 15.0 Å². The number of rotatable bonds is 10. The number of carbonyl (C=O) groups excluding carboxylic acids is 2. The van der Waals surface area contributed by atoms with Gasteiger partial charge in [-0.1, -0.05) is 88.4 Å². The predicted octanol–water partition coefficient (Wildman–Crippen LogP) is 7.14. The Hall–Kier alpha value is -2.54. The van der Waals surface area contributed by atoms with Crippen molar-refractivity contribution in [3.63, 3.8) is 0 Å². The number of hydrogen-bond acceptors (Lipinski definition) is 3. The highest BCUT2D eigenvalue weighted by Gasteiger charge is 2.32. The van der Waals surface area contributed by atoms with Crippen molar-refractivity contribution in [2.45, 2.75) is 57.7 Å². The highest BCUT2D eigenvalue weighted by atomic mass is 79.9. The van der Waals surface area contributed by atoms with Gasteiger partial charge in [0.15, 0.2) is 6.61 Å². The first-order valence-electron chi connectivity index (χ1n) is 12.8. The summed E-state index contributed by atoms with van der Waals surface area (Å²) in [6, 6.07) is 19.8. The van der Waals surface area contributed by atoms with Crippen molar-refractivity contribution in [2.24, 2.45) is 0 Å². The molecule has 0 aromatic heterocycles. The normalized spacial score (nSPS) is 14.2. The fourth-order valence-corrected chi connectivity index (χ4v) is 5.40. The smallest absolute Gasteiger partial charge is 0.261 e. The van der Waals surface area contributed by atoms with Crippen LogP contribution >= 0.6 is 39.1 Å². The molecule has 0 saturated heterocycles. The molecule has 1 aliphatic carbocycles. The van der Waals surface area contributed by atoms with Crippen LogP contribution in [0.3, 0.4) is 0 Å². The number of ether oxygens (including phenoxy) is 1. The maximum atomic E-state index is 13.8. The van der Waals surface area contributed by atoms with Crippen molar-refractivity contribution in [2.75, 3.05) is 6.61 Å². The summed E-state index contributed by atoms with van der Waals surface area (Å²) in [6.07, 6.45) is 4.46. The van der Waals surface area contributed by atoms with Crippen LogP contribution < -0.4 is 10.1 Å². The second-order valence-corrected chi connectivity index (χ2v) is 11.4. The molecular weight excluding hydrogens is 587 g/mol. The van der Waals surface area contributed by atoms with E-state index in [-0.39, 0.29) is 31.0 Å². The number of halogens is 3. The zero-order chi connectivity index (χ0) is 27.1. The number of carbonyl (C=O) groups is 2. The monoisotopic (exact) mass is 616 g/mol. The maximum absolute atomic E-state index is 13.8. The number of aryl methyl sites for hydroxylation is 1. The summed E-state index contributed by atoms with van der Waals surface area (Å²) < 4.78 is 6.85. The summed E-state index contributed by atoms with van der Waals surface area (Å²) in [6.45, 7) is 1.89. The molecule has 5 nitrogen and oxygen atoms in total. The van der Waals surface area contributed by atoms with E-state index in [0.29, 0.717) is 27.8 Å². The van der Waals surface area contributed by atoms with Gasteiger partial charge in [-0.15, -0.1) is 0 Å². The fourth-order valence-electron chi connectivity index (χ4n) is 4.69. The number of nitrogens with zero attached hydrogens (tertiary/aromatic N) is 1. The zero-order valence-electron chi connectivity index (χ0n) is 21.3. The van der Waals surface area contributed by atoms with Gasteiger partial charge in [-0.05, 0) is 66.8 Å². The van der Waals surface area contributed by atoms with Crippen LogP contribution in [-0.2, 0) is 22.6 Å². The first-order valence-corrected chi connectivity index (χ1v) is 14.3. The van der Waals surface area contributed by atoms with E-state index >= 15 is 0 Å². The first-order chi connectivity index (χ1) is 18.3. The lowest BCUT2D eigenvalue weighted by molar-refractivity contribution is -0.143. The minimum atomic E-state index is -0.743. The molecule has 0 aliphatic heterocycles. The molecule has 8 heteroatoms. The van der Waals surface area contributed by atoms with Crippen LogP contribution in [-0.4, -0.2) is 35.4 Å². The molecule has 0 bridgehead atoms. The van der Waals surface area contributed by atoms with Crippen molar-refractivity contribution >= 4 is 50.9 Å². The van der Waals surface area contributed by atoms with Crippen molar-refractivity contribution in [3.8, 4) is 5.75 Å². The predicted molar refractivity (Wildman–Crippen MR) is 156 cm³/mol. The van der Waals surface area contributed by atoms with Gasteiger partial charge in [0.1, 0.15) is 11.8 Å². The second-order valence-electron chi connectivity index (χ2n) is 9.65. The molecule has 0 radical (unpaired) electrons. The molecule has 1 aliphatic rings. The van der Waals surface area contributed by atoms with Gasteiger partial charge in [0.2, 0.25) is 5.91 Å². The topological polar surface area (TPSA) is 58.6 Å². The quantitative estimate of drug-likeness (QED) is 0.263. The standard InChI is InChI=1S/C30H31BrCl2N2O3/c1-20-15-25(13-14-26(20)31)38-19-29(36)35(18-22-11-12-23(32)17-27(22)33)28(16-21-7-3-2-4-8-21)30(37)34-24-9-5-6-10-24/h2-4,7-8,11-15,17,24,28H,5-6,9-10,16,18-19H2,1H3,(H,34,37)/t28-/m1/s1. The summed E-state index contributed by atoms with van der Waals surface area (Å²) >= 11 is 16.1. The summed E-state index contributed by atoms with van der Waals surface area (Å²) in [4.78, 5) is 29.1. The van der Waals surface area contributed by atoms with Crippen LogP contribution in [0.25, 0.3) is 0 Å². The average molecular weight is 618 g/mol. The molecule has 0 heterocycles. The van der Waals surface area contributed by atoms with Crippen molar-refractivity contribution in [3.05, 3.63) is 97.9 Å². The van der Waals surface area contributed by atoms with Crippen LogP contribution in [0.5, 0.6) is 5.75 Å². The zero-order valence-corrected chi connectivity index (χ0v) is 24.4. The molecule has 38 heavy (non-hydrogen) atoms. The molecule has 1 saturated carbocycles. The van der Waals surface area contributed by atoms with Crippen LogP contribution in [0.4, 0.5) is 0 Å². The van der Waals surface area contributed by atoms with Crippen molar-refractivity contribution in [1.29, 1.82) is 0 Å². The summed E-state index contributed by atoms with van der Waals surface area (Å²) in [5.74, 6) is 0.108. The third kappa shape index (κ3) is 7.75. The molecule has 2 amide bonds. The molecule has 3 aromatic rings. The maximum Gasteiger partial charge on any atom is 0.261 e. The van der Waals surface area contributed by atoms with Crippen LogP contribution in [0.2, 0.25) is 10.0 Å². The van der Waals surface area contributed by atoms with E-state index in [2.05, 4.69) is 21.2 Å². The number of nitrogens with one attached hydrogen (secondary N) is 1. The number of amides is 2. The third-order valence-corrected chi connectivity index (χ3v) is 8.30. The lowest BCUT2D eigenvalue weighted by Gasteiger charge is -2.32. The van der Waals surface area contributed by atoms with Gasteiger partial charge in [0, 0.05) is 33.5 Å². The Bertz CT molecular complexity index is 1270. The van der Waals surface area contributed by atoms with Crippen LogP contribution in [0.15, 0.2) is 71.2 Å². The Morgan fingerprint density at radius 2 is 1.79 bits per heavy atom. The lowest BCUT2D eigenvalue weighted by atomic mass is 10.0. The molecule has 0 unspecified atom stereocenters. The molecule has 4 rings (SSSR count). The van der Waals surface area contributed by atoms with Gasteiger partial charge in [-0.3, -0.25) is 9.59 Å². The van der Waals surface area contributed by atoms with Crippen molar-refractivity contribution in [1.82, 2.24) is 10.2 Å². The van der Waals surface area contributed by atoms with E-state index in [1.165, 1.54) is 0 Å². The molecule has 1 atom stereocenters. The van der Waals surface area contributed by atoms with E-state index in [0.717, 1.165) is 41.3 Å². The highest BCUT2D eigenvalue weighted by Crippen LogP contribution is 2.26. The summed E-state index contributed by atoms with van der Waals surface area (Å²) in [5, 5.41) is 4.14.